The maximum atomic E-state index is 13.7. The molecule has 4 aliphatic rings. The van der Waals surface area contributed by atoms with E-state index in [1.54, 1.807) is 0 Å². The molecular weight excluding hydrogens is 508 g/mol. The van der Waals surface area contributed by atoms with Crippen molar-refractivity contribution >= 4 is 23.8 Å². The van der Waals surface area contributed by atoms with E-state index < -0.39 is 46.6 Å². The van der Waals surface area contributed by atoms with Gasteiger partial charge in [0, 0.05) is 17.5 Å². The van der Waals surface area contributed by atoms with Crippen molar-refractivity contribution in [2.75, 3.05) is 6.54 Å². The number of carbonyl (C=O) groups is 4. The van der Waals surface area contributed by atoms with E-state index in [1.807, 2.05) is 13.8 Å². The van der Waals surface area contributed by atoms with E-state index in [2.05, 4.69) is 31.4 Å². The summed E-state index contributed by atoms with van der Waals surface area (Å²) in [5.41, 5.74) is -1.94. The van der Waals surface area contributed by atoms with E-state index in [1.165, 1.54) is 38.5 Å². The summed E-state index contributed by atoms with van der Waals surface area (Å²) in [4.78, 5) is 51.6. The molecule has 9 unspecified atom stereocenters. The Hall–Kier alpha value is -2.12. The Morgan fingerprint density at radius 3 is 1.95 bits per heavy atom. The highest BCUT2D eigenvalue weighted by Crippen LogP contribution is 2.75. The van der Waals surface area contributed by atoms with Crippen molar-refractivity contribution in [1.29, 1.82) is 0 Å². The van der Waals surface area contributed by atoms with Crippen molar-refractivity contribution in [3.8, 4) is 0 Å². The van der Waals surface area contributed by atoms with Crippen LogP contribution < -0.4 is 10.6 Å². The van der Waals surface area contributed by atoms with Gasteiger partial charge in [0.1, 0.15) is 0 Å². The number of aliphatic carboxylic acids is 2. The van der Waals surface area contributed by atoms with Crippen molar-refractivity contribution in [1.82, 2.24) is 10.6 Å². The Balaban J connectivity index is 1.40. The highest BCUT2D eigenvalue weighted by atomic mass is 16.4. The zero-order valence-corrected chi connectivity index (χ0v) is 25.3. The molecule has 2 amide bonds. The highest BCUT2D eigenvalue weighted by molar-refractivity contribution is 5.98. The van der Waals surface area contributed by atoms with Crippen molar-refractivity contribution in [3.05, 3.63) is 0 Å². The van der Waals surface area contributed by atoms with Crippen LogP contribution in [0, 0.1) is 52.3 Å². The van der Waals surface area contributed by atoms with Crippen LogP contribution in [0.3, 0.4) is 0 Å². The Labute approximate surface area is 239 Å². The molecule has 1 spiro atoms. The molecule has 0 saturated heterocycles. The first-order chi connectivity index (χ1) is 18.9. The van der Waals surface area contributed by atoms with Crippen LogP contribution in [-0.2, 0) is 19.2 Å². The molecular formula is C32H52N2O6. The van der Waals surface area contributed by atoms with E-state index in [0.29, 0.717) is 24.8 Å². The van der Waals surface area contributed by atoms with Crippen molar-refractivity contribution < 1.29 is 29.4 Å². The van der Waals surface area contributed by atoms with Gasteiger partial charge < -0.3 is 20.8 Å². The molecule has 0 heterocycles. The van der Waals surface area contributed by atoms with Crippen LogP contribution in [0.5, 0.6) is 0 Å². The van der Waals surface area contributed by atoms with Gasteiger partial charge in [0.05, 0.1) is 23.7 Å². The lowest BCUT2D eigenvalue weighted by Gasteiger charge is -2.47. The standard InChI is InChI=1S/C32H52N2O6/c1-6-16-30(4,7-2)31(5,8-3)34-27(36)24-25(29(39)40)32(24)17-22(23(32)28(37)38)26(35)33-18-21-15-14-20(21)13-12-19-10-9-11-19/h19-25H,6-18H2,1-5H3,(H,33,35)(H,34,36)(H,37,38)(H,39,40). The summed E-state index contributed by atoms with van der Waals surface area (Å²) >= 11 is 0. The molecule has 4 N–H and O–H groups in total. The van der Waals surface area contributed by atoms with Gasteiger partial charge >= 0.3 is 11.9 Å². The van der Waals surface area contributed by atoms with Crippen LogP contribution in [0.1, 0.15) is 112 Å². The fourth-order valence-electron chi connectivity index (χ4n) is 8.64. The van der Waals surface area contributed by atoms with Gasteiger partial charge in [-0.3, -0.25) is 19.2 Å². The largest absolute Gasteiger partial charge is 0.481 e. The molecule has 4 saturated carbocycles. The molecule has 0 aromatic rings. The second-order valence-electron chi connectivity index (χ2n) is 14.1. The first-order valence-electron chi connectivity index (χ1n) is 15.9. The van der Waals surface area contributed by atoms with Gasteiger partial charge in [-0.25, -0.2) is 0 Å². The number of hydrogen-bond acceptors (Lipinski definition) is 4. The summed E-state index contributed by atoms with van der Waals surface area (Å²) in [6.45, 7) is 11.0. The summed E-state index contributed by atoms with van der Waals surface area (Å²) in [5, 5.41) is 26.4. The monoisotopic (exact) mass is 560 g/mol. The topological polar surface area (TPSA) is 133 Å². The maximum absolute atomic E-state index is 13.7. The summed E-state index contributed by atoms with van der Waals surface area (Å²) in [6.07, 6.45) is 12.3. The van der Waals surface area contributed by atoms with Crippen LogP contribution in [0.4, 0.5) is 0 Å². The minimum atomic E-state index is -1.20. The van der Waals surface area contributed by atoms with E-state index in [4.69, 9.17) is 0 Å². The van der Waals surface area contributed by atoms with E-state index in [0.717, 1.165) is 31.6 Å². The zero-order chi connectivity index (χ0) is 29.5. The molecule has 4 fully saturated rings. The fourth-order valence-corrected chi connectivity index (χ4v) is 8.64. The number of carboxylic acids is 2. The average molecular weight is 561 g/mol. The minimum Gasteiger partial charge on any atom is -0.481 e. The van der Waals surface area contributed by atoms with Crippen molar-refractivity contribution in [3.63, 3.8) is 0 Å². The third kappa shape index (κ3) is 5.17. The van der Waals surface area contributed by atoms with Gasteiger partial charge in [-0.05, 0) is 75.0 Å². The van der Waals surface area contributed by atoms with Crippen molar-refractivity contribution in [2.45, 2.75) is 117 Å². The summed E-state index contributed by atoms with van der Waals surface area (Å²) < 4.78 is 0. The summed E-state index contributed by atoms with van der Waals surface area (Å²) in [7, 11) is 0. The maximum Gasteiger partial charge on any atom is 0.307 e. The molecule has 0 aromatic carbocycles. The second kappa shape index (κ2) is 11.6. The number of rotatable bonds is 15. The third-order valence-corrected chi connectivity index (χ3v) is 12.4. The van der Waals surface area contributed by atoms with Crippen LogP contribution in [-0.4, -0.2) is 46.0 Å². The van der Waals surface area contributed by atoms with Crippen LogP contribution >= 0.6 is 0 Å². The molecule has 8 heteroatoms. The van der Waals surface area contributed by atoms with Gasteiger partial charge in [-0.2, -0.15) is 0 Å². The Bertz CT molecular complexity index is 996. The van der Waals surface area contributed by atoms with Crippen molar-refractivity contribution in [2.24, 2.45) is 52.3 Å². The van der Waals surface area contributed by atoms with Gasteiger partial charge in [0.2, 0.25) is 11.8 Å². The molecule has 40 heavy (non-hydrogen) atoms. The highest BCUT2D eigenvalue weighted by Gasteiger charge is 2.83. The molecule has 8 nitrogen and oxygen atoms in total. The van der Waals surface area contributed by atoms with E-state index in [-0.39, 0.29) is 23.7 Å². The number of hydrogen-bond donors (Lipinski definition) is 4. The van der Waals surface area contributed by atoms with Gasteiger partial charge in [-0.15, -0.1) is 0 Å². The average Bonchev–Trinajstić information content (AvgIpc) is 3.55. The Kier molecular flexibility index (Phi) is 8.97. The molecule has 0 aromatic heterocycles. The first-order valence-corrected chi connectivity index (χ1v) is 15.9. The predicted octanol–water partition coefficient (Wildman–Crippen LogP) is 5.25. The van der Waals surface area contributed by atoms with E-state index >= 15 is 0 Å². The fraction of sp³-hybridized carbons (Fsp3) is 0.875. The lowest BCUT2D eigenvalue weighted by Crippen LogP contribution is -2.58. The quantitative estimate of drug-likeness (QED) is 0.216. The predicted molar refractivity (Wildman–Crippen MR) is 152 cm³/mol. The molecule has 0 aliphatic heterocycles. The minimum absolute atomic E-state index is 0.128. The molecule has 0 radical (unpaired) electrons. The third-order valence-electron chi connectivity index (χ3n) is 12.4. The molecule has 4 rings (SSSR count). The van der Waals surface area contributed by atoms with Crippen LogP contribution in [0.15, 0.2) is 0 Å². The Morgan fingerprint density at radius 1 is 0.825 bits per heavy atom. The first kappa shape index (κ1) is 30.8. The Morgan fingerprint density at radius 2 is 1.48 bits per heavy atom. The number of nitrogens with one attached hydrogen (secondary N) is 2. The molecule has 4 aliphatic carbocycles. The molecule has 0 bridgehead atoms. The lowest BCUT2D eigenvalue weighted by molar-refractivity contribution is -0.164. The smallest absolute Gasteiger partial charge is 0.307 e. The summed E-state index contributed by atoms with van der Waals surface area (Å²) in [5.74, 6) is -5.07. The SMILES string of the molecule is CCCC(C)(CC)C(C)(CC)NC(=O)C1C(C(=O)O)C12CC(C(=O)NCC1CCC1CCC1CCC1)C2C(=O)O. The molecule has 226 valence electrons. The number of carboxylic acid groups (broad SMARTS) is 2. The van der Waals surface area contributed by atoms with Crippen LogP contribution in [0.25, 0.3) is 0 Å². The lowest BCUT2D eigenvalue weighted by atomic mass is 9.59. The normalized spacial score (nSPS) is 35.7. The van der Waals surface area contributed by atoms with Gasteiger partial charge in [0.15, 0.2) is 0 Å². The molecule has 9 atom stereocenters. The van der Waals surface area contributed by atoms with Gasteiger partial charge in [0.25, 0.3) is 0 Å². The van der Waals surface area contributed by atoms with Crippen LogP contribution in [0.2, 0.25) is 0 Å². The second-order valence-corrected chi connectivity index (χ2v) is 14.1. The van der Waals surface area contributed by atoms with Gasteiger partial charge in [-0.1, -0.05) is 59.8 Å². The zero-order valence-electron chi connectivity index (χ0n) is 25.3. The van der Waals surface area contributed by atoms with E-state index in [9.17, 15) is 29.4 Å². The number of amides is 2. The summed E-state index contributed by atoms with van der Waals surface area (Å²) in [6, 6.07) is 0. The number of carbonyl (C=O) groups excluding carboxylic acids is 2.